The summed E-state index contributed by atoms with van der Waals surface area (Å²) in [5.41, 5.74) is 0.695. The standard InChI is InChI=1S/C13H8Br2OS/c14-10-5-6-12(9(7-10)8-16)17-13-4-2-1-3-11(13)15/h1-8H. The SMILES string of the molecule is O=Cc1cc(Br)ccc1Sc1ccccc1Br. The second kappa shape index (κ2) is 5.85. The Kier molecular flexibility index (Phi) is 4.42. The summed E-state index contributed by atoms with van der Waals surface area (Å²) in [7, 11) is 0. The summed E-state index contributed by atoms with van der Waals surface area (Å²) >= 11 is 8.43. The number of halogens is 2. The molecule has 0 N–H and O–H groups in total. The third kappa shape index (κ3) is 3.21. The van der Waals surface area contributed by atoms with Crippen LogP contribution in [0.2, 0.25) is 0 Å². The number of carbonyl (C=O) groups excluding carboxylic acids is 1. The molecule has 1 nitrogen and oxygen atoms in total. The zero-order chi connectivity index (χ0) is 12.3. The molecule has 0 spiro atoms. The lowest BCUT2D eigenvalue weighted by Gasteiger charge is -2.06. The van der Waals surface area contributed by atoms with Crippen LogP contribution in [0.15, 0.2) is 61.2 Å². The van der Waals surface area contributed by atoms with E-state index in [2.05, 4.69) is 31.9 Å². The maximum atomic E-state index is 11.0. The second-order valence-electron chi connectivity index (χ2n) is 3.33. The molecule has 86 valence electrons. The van der Waals surface area contributed by atoms with Gasteiger partial charge in [-0.25, -0.2) is 0 Å². The van der Waals surface area contributed by atoms with E-state index < -0.39 is 0 Å². The number of aldehydes is 1. The van der Waals surface area contributed by atoms with Gasteiger partial charge in [0.05, 0.1) is 0 Å². The monoisotopic (exact) mass is 370 g/mol. The minimum atomic E-state index is 0.695. The number of rotatable bonds is 3. The summed E-state index contributed by atoms with van der Waals surface area (Å²) in [5, 5.41) is 0. The molecule has 0 aliphatic carbocycles. The van der Waals surface area contributed by atoms with Crippen LogP contribution in [0, 0.1) is 0 Å². The van der Waals surface area contributed by atoms with Crippen LogP contribution in [-0.2, 0) is 0 Å². The van der Waals surface area contributed by atoms with Gasteiger partial charge in [-0.3, -0.25) is 4.79 Å². The zero-order valence-corrected chi connectivity index (χ0v) is 12.7. The molecule has 0 aromatic heterocycles. The Labute approximate surface area is 121 Å². The first-order chi connectivity index (χ1) is 8.20. The van der Waals surface area contributed by atoms with Gasteiger partial charge in [0.15, 0.2) is 6.29 Å². The van der Waals surface area contributed by atoms with Crippen LogP contribution in [0.5, 0.6) is 0 Å². The van der Waals surface area contributed by atoms with Gasteiger partial charge in [-0.05, 0) is 46.3 Å². The Hall–Kier alpha value is -0.580. The van der Waals surface area contributed by atoms with Gasteiger partial charge in [-0.1, -0.05) is 39.8 Å². The predicted molar refractivity (Wildman–Crippen MR) is 77.8 cm³/mol. The van der Waals surface area contributed by atoms with Gasteiger partial charge < -0.3 is 0 Å². The highest BCUT2D eigenvalue weighted by Crippen LogP contribution is 2.35. The Bertz CT molecular complexity index is 555. The Morgan fingerprint density at radius 3 is 2.47 bits per heavy atom. The quantitative estimate of drug-likeness (QED) is 0.692. The number of benzene rings is 2. The number of hydrogen-bond acceptors (Lipinski definition) is 2. The van der Waals surface area contributed by atoms with Crippen molar-refractivity contribution in [2.75, 3.05) is 0 Å². The van der Waals surface area contributed by atoms with Crippen molar-refractivity contribution in [3.8, 4) is 0 Å². The fraction of sp³-hybridized carbons (Fsp3) is 0. The van der Waals surface area contributed by atoms with Crippen molar-refractivity contribution in [3.63, 3.8) is 0 Å². The maximum Gasteiger partial charge on any atom is 0.151 e. The van der Waals surface area contributed by atoms with Crippen molar-refractivity contribution in [2.45, 2.75) is 9.79 Å². The molecular weight excluding hydrogens is 364 g/mol. The van der Waals surface area contributed by atoms with Gasteiger partial charge in [0, 0.05) is 24.3 Å². The summed E-state index contributed by atoms with van der Waals surface area (Å²) in [6.07, 6.45) is 0.879. The molecule has 0 amide bonds. The van der Waals surface area contributed by atoms with E-state index in [9.17, 15) is 4.79 Å². The lowest BCUT2D eigenvalue weighted by molar-refractivity contribution is 0.112. The van der Waals surface area contributed by atoms with Crippen LogP contribution in [0.1, 0.15) is 10.4 Å². The maximum absolute atomic E-state index is 11.0. The fourth-order valence-electron chi connectivity index (χ4n) is 1.35. The first-order valence-corrected chi connectivity index (χ1v) is 7.28. The van der Waals surface area contributed by atoms with Crippen LogP contribution in [0.4, 0.5) is 0 Å². The molecule has 0 fully saturated rings. The molecule has 2 aromatic rings. The van der Waals surface area contributed by atoms with E-state index in [1.54, 1.807) is 11.8 Å². The van der Waals surface area contributed by atoms with Crippen molar-refractivity contribution in [1.29, 1.82) is 0 Å². The van der Waals surface area contributed by atoms with Gasteiger partial charge in [0.25, 0.3) is 0 Å². The van der Waals surface area contributed by atoms with Gasteiger partial charge in [0.1, 0.15) is 0 Å². The molecule has 0 saturated carbocycles. The summed E-state index contributed by atoms with van der Waals surface area (Å²) < 4.78 is 1.95. The third-order valence-corrected chi connectivity index (χ3v) is 4.77. The van der Waals surface area contributed by atoms with Gasteiger partial charge in [0.2, 0.25) is 0 Å². The number of carbonyl (C=O) groups is 1. The smallest absolute Gasteiger partial charge is 0.151 e. The highest BCUT2D eigenvalue weighted by atomic mass is 79.9. The Morgan fingerprint density at radius 2 is 1.76 bits per heavy atom. The van der Waals surface area contributed by atoms with Crippen LogP contribution < -0.4 is 0 Å². The molecular formula is C13H8Br2OS. The van der Waals surface area contributed by atoms with E-state index >= 15 is 0 Å². The largest absolute Gasteiger partial charge is 0.298 e. The van der Waals surface area contributed by atoms with Crippen molar-refractivity contribution < 1.29 is 4.79 Å². The zero-order valence-electron chi connectivity index (χ0n) is 8.69. The average molecular weight is 372 g/mol. The van der Waals surface area contributed by atoms with Crippen LogP contribution in [-0.4, -0.2) is 6.29 Å². The molecule has 0 saturated heterocycles. The Morgan fingerprint density at radius 1 is 1.00 bits per heavy atom. The average Bonchev–Trinajstić information content (AvgIpc) is 2.34. The van der Waals surface area contributed by atoms with E-state index in [0.29, 0.717) is 5.56 Å². The van der Waals surface area contributed by atoms with Crippen LogP contribution in [0.3, 0.4) is 0 Å². The summed E-state index contributed by atoms with van der Waals surface area (Å²) in [5.74, 6) is 0. The van der Waals surface area contributed by atoms with Crippen LogP contribution in [0.25, 0.3) is 0 Å². The molecule has 0 unspecified atom stereocenters. The van der Waals surface area contributed by atoms with Crippen molar-refractivity contribution >= 4 is 49.9 Å². The van der Waals surface area contributed by atoms with Gasteiger partial charge >= 0.3 is 0 Å². The van der Waals surface area contributed by atoms with Crippen molar-refractivity contribution in [3.05, 3.63) is 57.0 Å². The van der Waals surface area contributed by atoms with E-state index in [4.69, 9.17) is 0 Å². The fourth-order valence-corrected chi connectivity index (χ4v) is 3.17. The molecule has 0 radical (unpaired) electrons. The Balaban J connectivity index is 2.36. The van der Waals surface area contributed by atoms with E-state index in [0.717, 1.165) is 25.0 Å². The van der Waals surface area contributed by atoms with Crippen LogP contribution >= 0.6 is 43.6 Å². The minimum Gasteiger partial charge on any atom is -0.298 e. The van der Waals surface area contributed by atoms with E-state index in [-0.39, 0.29) is 0 Å². The molecule has 0 atom stereocenters. The molecule has 0 aliphatic heterocycles. The molecule has 2 aromatic carbocycles. The van der Waals surface area contributed by atoms with Crippen molar-refractivity contribution in [2.24, 2.45) is 0 Å². The molecule has 0 heterocycles. The van der Waals surface area contributed by atoms with Gasteiger partial charge in [-0.15, -0.1) is 0 Å². The lowest BCUT2D eigenvalue weighted by atomic mass is 10.2. The second-order valence-corrected chi connectivity index (χ2v) is 6.19. The predicted octanol–water partition coefficient (Wildman–Crippen LogP) is 5.18. The molecule has 0 bridgehead atoms. The van der Waals surface area contributed by atoms with Crippen molar-refractivity contribution in [1.82, 2.24) is 0 Å². The lowest BCUT2D eigenvalue weighted by Crippen LogP contribution is -1.85. The van der Waals surface area contributed by atoms with Gasteiger partial charge in [-0.2, -0.15) is 0 Å². The molecule has 0 aliphatic rings. The molecule has 4 heteroatoms. The normalized spacial score (nSPS) is 10.2. The van der Waals surface area contributed by atoms with E-state index in [1.807, 2.05) is 42.5 Å². The molecule has 17 heavy (non-hydrogen) atoms. The minimum absolute atomic E-state index is 0.695. The topological polar surface area (TPSA) is 17.1 Å². The molecule has 2 rings (SSSR count). The summed E-state index contributed by atoms with van der Waals surface area (Å²) in [4.78, 5) is 13.1. The third-order valence-electron chi connectivity index (χ3n) is 2.16. The number of hydrogen-bond donors (Lipinski definition) is 0. The summed E-state index contributed by atoms with van der Waals surface area (Å²) in [6, 6.07) is 13.7. The first-order valence-electron chi connectivity index (χ1n) is 4.88. The highest BCUT2D eigenvalue weighted by molar-refractivity contribution is 9.10. The highest BCUT2D eigenvalue weighted by Gasteiger charge is 2.06. The summed E-state index contributed by atoms with van der Waals surface area (Å²) in [6.45, 7) is 0. The van der Waals surface area contributed by atoms with E-state index in [1.165, 1.54) is 0 Å². The first kappa shape index (κ1) is 12.9.